The van der Waals surface area contributed by atoms with Crippen molar-refractivity contribution in [1.29, 1.82) is 0 Å². The normalized spacial score (nSPS) is 13.2. The van der Waals surface area contributed by atoms with Gasteiger partial charge in [0.2, 0.25) is 10.0 Å². The van der Waals surface area contributed by atoms with Crippen LogP contribution in [0.5, 0.6) is 0 Å². The van der Waals surface area contributed by atoms with Gasteiger partial charge >= 0.3 is 0 Å². The summed E-state index contributed by atoms with van der Waals surface area (Å²) >= 11 is 0. The molecular formula is C18H23ClFN3O4S. The van der Waals surface area contributed by atoms with Gasteiger partial charge in [-0.2, -0.15) is 0 Å². The molecule has 0 aliphatic heterocycles. The molecule has 1 amide bonds. The zero-order valence-corrected chi connectivity index (χ0v) is 16.5. The van der Waals surface area contributed by atoms with Crippen LogP contribution in [0.15, 0.2) is 59.5 Å². The highest BCUT2D eigenvalue weighted by Crippen LogP contribution is 2.09. The topological polar surface area (TPSA) is 122 Å². The fraction of sp³-hybridized carbons (Fsp3) is 0.278. The number of carbonyl (C=O) groups is 1. The molecule has 0 spiro atoms. The molecule has 0 aliphatic carbocycles. The molecule has 2 rings (SSSR count). The van der Waals surface area contributed by atoms with E-state index >= 15 is 0 Å². The van der Waals surface area contributed by atoms with E-state index in [0.29, 0.717) is 6.42 Å². The van der Waals surface area contributed by atoms with Gasteiger partial charge < -0.3 is 16.2 Å². The van der Waals surface area contributed by atoms with Gasteiger partial charge in [0.25, 0.3) is 5.91 Å². The van der Waals surface area contributed by atoms with Crippen molar-refractivity contribution in [1.82, 2.24) is 10.0 Å². The predicted octanol–water partition coefficient (Wildman–Crippen LogP) is 0.573. The minimum absolute atomic E-state index is 0. The molecule has 2 atom stereocenters. The van der Waals surface area contributed by atoms with Crippen molar-refractivity contribution in [3.8, 4) is 0 Å². The van der Waals surface area contributed by atoms with Crippen molar-refractivity contribution in [2.45, 2.75) is 23.5 Å². The Balaban J connectivity index is 0.00000392. The SMILES string of the molecule is Cl.N[C@@H](Cc1ccccc1)[C@@H](O)C(=O)NCCNS(=O)(=O)c1ccc(F)cc1. The van der Waals surface area contributed by atoms with Crippen LogP contribution < -0.4 is 15.8 Å². The number of aliphatic hydroxyl groups is 1. The highest BCUT2D eigenvalue weighted by molar-refractivity contribution is 7.89. The number of nitrogens with one attached hydrogen (secondary N) is 2. The second-order valence-corrected chi connectivity index (χ2v) is 7.71. The van der Waals surface area contributed by atoms with E-state index in [1.54, 1.807) is 0 Å². The van der Waals surface area contributed by atoms with Crippen molar-refractivity contribution in [3.05, 3.63) is 66.0 Å². The van der Waals surface area contributed by atoms with Crippen LogP contribution in [0.3, 0.4) is 0 Å². The molecule has 0 aliphatic rings. The van der Waals surface area contributed by atoms with Crippen LogP contribution in [0.1, 0.15) is 5.56 Å². The number of halogens is 2. The maximum Gasteiger partial charge on any atom is 0.250 e. The van der Waals surface area contributed by atoms with E-state index in [4.69, 9.17) is 5.73 Å². The Labute approximate surface area is 169 Å². The maximum atomic E-state index is 12.9. The van der Waals surface area contributed by atoms with Crippen molar-refractivity contribution < 1.29 is 22.7 Å². The predicted molar refractivity (Wildman–Crippen MR) is 106 cm³/mol. The average Bonchev–Trinajstić information content (AvgIpc) is 2.65. The number of amides is 1. The molecule has 0 heterocycles. The van der Waals surface area contributed by atoms with Crippen LogP contribution in [0.4, 0.5) is 4.39 Å². The Morgan fingerprint density at radius 2 is 1.68 bits per heavy atom. The molecule has 0 radical (unpaired) electrons. The summed E-state index contributed by atoms with van der Waals surface area (Å²) in [5.74, 6) is -1.22. The van der Waals surface area contributed by atoms with Crippen LogP contribution in [0.2, 0.25) is 0 Å². The first kappa shape index (κ1) is 24.0. The lowest BCUT2D eigenvalue weighted by atomic mass is 10.0. The Hall–Kier alpha value is -2.04. The van der Waals surface area contributed by atoms with E-state index < -0.39 is 33.9 Å². The third-order valence-corrected chi connectivity index (χ3v) is 5.31. The van der Waals surface area contributed by atoms with E-state index in [-0.39, 0.29) is 30.4 Å². The number of benzene rings is 2. The summed E-state index contributed by atoms with van der Waals surface area (Å²) in [6, 6.07) is 12.8. The van der Waals surface area contributed by atoms with E-state index in [1.165, 1.54) is 0 Å². The molecule has 0 unspecified atom stereocenters. The van der Waals surface area contributed by atoms with Crippen molar-refractivity contribution in [2.75, 3.05) is 13.1 Å². The lowest BCUT2D eigenvalue weighted by Gasteiger charge is -2.18. The summed E-state index contributed by atoms with van der Waals surface area (Å²) in [5, 5.41) is 12.4. The first-order valence-electron chi connectivity index (χ1n) is 8.30. The summed E-state index contributed by atoms with van der Waals surface area (Å²) in [6.07, 6.45) is -1.09. The standard InChI is InChI=1S/C18H22FN3O4S.ClH/c19-14-6-8-15(9-7-14)27(25,26)22-11-10-21-18(24)17(23)16(20)12-13-4-2-1-3-5-13;/h1-9,16-17,22-23H,10-12,20H2,(H,21,24);1H/t16-,17+;/m0./s1. The summed E-state index contributed by atoms with van der Waals surface area (Å²) in [5.41, 5.74) is 6.75. The van der Waals surface area contributed by atoms with Gasteiger partial charge in [0.05, 0.1) is 4.90 Å². The minimum Gasteiger partial charge on any atom is -0.382 e. The van der Waals surface area contributed by atoms with Crippen molar-refractivity contribution in [3.63, 3.8) is 0 Å². The summed E-state index contributed by atoms with van der Waals surface area (Å²) in [4.78, 5) is 11.9. The quantitative estimate of drug-likeness (QED) is 0.432. The van der Waals surface area contributed by atoms with Gasteiger partial charge in [-0.25, -0.2) is 17.5 Å². The Bertz CT molecular complexity index is 851. The van der Waals surface area contributed by atoms with Gasteiger partial charge in [0.15, 0.2) is 0 Å². The molecule has 154 valence electrons. The second kappa shape index (κ2) is 11.1. The van der Waals surface area contributed by atoms with Gasteiger partial charge in [0.1, 0.15) is 11.9 Å². The van der Waals surface area contributed by atoms with Crippen LogP contribution in [-0.2, 0) is 21.2 Å². The van der Waals surface area contributed by atoms with Crippen LogP contribution in [0, 0.1) is 5.82 Å². The summed E-state index contributed by atoms with van der Waals surface area (Å²) in [6.45, 7) is -0.125. The lowest BCUT2D eigenvalue weighted by Crippen LogP contribution is -2.48. The van der Waals surface area contributed by atoms with Gasteiger partial charge in [-0.15, -0.1) is 12.4 Å². The monoisotopic (exact) mass is 431 g/mol. The number of hydrogen-bond acceptors (Lipinski definition) is 5. The van der Waals surface area contributed by atoms with Crippen LogP contribution in [-0.4, -0.2) is 44.7 Å². The van der Waals surface area contributed by atoms with Crippen LogP contribution >= 0.6 is 12.4 Å². The van der Waals surface area contributed by atoms with E-state index in [2.05, 4.69) is 10.0 Å². The second-order valence-electron chi connectivity index (χ2n) is 5.94. The number of nitrogens with two attached hydrogens (primary N) is 1. The molecule has 5 N–H and O–H groups in total. The third kappa shape index (κ3) is 7.17. The van der Waals surface area contributed by atoms with Gasteiger partial charge in [0, 0.05) is 19.1 Å². The van der Waals surface area contributed by atoms with E-state index in [0.717, 1.165) is 29.8 Å². The molecule has 0 saturated carbocycles. The Morgan fingerprint density at radius 1 is 1.07 bits per heavy atom. The molecule has 0 saturated heterocycles. The average molecular weight is 432 g/mol. The van der Waals surface area contributed by atoms with Crippen LogP contribution in [0.25, 0.3) is 0 Å². The molecule has 10 heteroatoms. The van der Waals surface area contributed by atoms with E-state index in [9.17, 15) is 22.7 Å². The molecule has 0 aromatic heterocycles. The molecule has 7 nitrogen and oxygen atoms in total. The fourth-order valence-electron chi connectivity index (χ4n) is 2.37. The first-order valence-corrected chi connectivity index (χ1v) is 9.78. The maximum absolute atomic E-state index is 12.9. The zero-order chi connectivity index (χ0) is 19.9. The van der Waals surface area contributed by atoms with Crippen molar-refractivity contribution >= 4 is 28.3 Å². The molecule has 0 fully saturated rings. The molecule has 28 heavy (non-hydrogen) atoms. The number of sulfonamides is 1. The number of aliphatic hydroxyl groups excluding tert-OH is 1. The molecule has 0 bridgehead atoms. The van der Waals surface area contributed by atoms with Gasteiger partial charge in [-0.1, -0.05) is 30.3 Å². The van der Waals surface area contributed by atoms with Gasteiger partial charge in [-0.05, 0) is 36.2 Å². The number of carbonyl (C=O) groups excluding carboxylic acids is 1. The molecule has 2 aromatic carbocycles. The fourth-order valence-corrected chi connectivity index (χ4v) is 3.40. The largest absolute Gasteiger partial charge is 0.382 e. The zero-order valence-electron chi connectivity index (χ0n) is 14.9. The summed E-state index contributed by atoms with van der Waals surface area (Å²) < 4.78 is 39.2. The van der Waals surface area contributed by atoms with Crippen molar-refractivity contribution in [2.24, 2.45) is 5.73 Å². The third-order valence-electron chi connectivity index (χ3n) is 3.83. The highest BCUT2D eigenvalue weighted by Gasteiger charge is 2.23. The Morgan fingerprint density at radius 3 is 2.29 bits per heavy atom. The first-order chi connectivity index (χ1) is 12.8. The number of hydrogen-bond donors (Lipinski definition) is 4. The number of rotatable bonds is 9. The Kier molecular flexibility index (Phi) is 9.50. The smallest absolute Gasteiger partial charge is 0.250 e. The molecule has 2 aromatic rings. The van der Waals surface area contributed by atoms with Gasteiger partial charge in [-0.3, -0.25) is 4.79 Å². The summed E-state index contributed by atoms with van der Waals surface area (Å²) in [7, 11) is -3.81. The molecular weight excluding hydrogens is 409 g/mol. The minimum atomic E-state index is -3.81. The van der Waals surface area contributed by atoms with E-state index in [1.807, 2.05) is 30.3 Å². The highest BCUT2D eigenvalue weighted by atomic mass is 35.5. The lowest BCUT2D eigenvalue weighted by molar-refractivity contribution is -0.130.